The lowest BCUT2D eigenvalue weighted by atomic mass is 10.1. The van der Waals surface area contributed by atoms with Crippen LogP contribution in [0.5, 0.6) is 0 Å². The smallest absolute Gasteiger partial charge is 0.174 e. The van der Waals surface area contributed by atoms with E-state index >= 15 is 0 Å². The lowest BCUT2D eigenvalue weighted by molar-refractivity contribution is 0.199. The minimum absolute atomic E-state index is 0.739. The Labute approximate surface area is 128 Å². The van der Waals surface area contributed by atoms with E-state index in [2.05, 4.69) is 39.8 Å². The van der Waals surface area contributed by atoms with Gasteiger partial charge in [-0.1, -0.05) is 17.8 Å². The van der Waals surface area contributed by atoms with Gasteiger partial charge in [-0.3, -0.25) is 0 Å². The Balaban J connectivity index is 1.94. The summed E-state index contributed by atoms with van der Waals surface area (Å²) in [6.45, 7) is 6.54. The van der Waals surface area contributed by atoms with E-state index in [1.54, 1.807) is 18.9 Å². The molecule has 0 amide bonds. The largest absolute Gasteiger partial charge is 0.383 e. The van der Waals surface area contributed by atoms with Crippen molar-refractivity contribution in [2.45, 2.75) is 29.6 Å². The second-order valence-corrected chi connectivity index (χ2v) is 6.54. The molecule has 0 aliphatic heterocycles. The van der Waals surface area contributed by atoms with Crippen LogP contribution in [0.2, 0.25) is 0 Å². The summed E-state index contributed by atoms with van der Waals surface area (Å²) in [5.74, 6) is 0.841. The van der Waals surface area contributed by atoms with Gasteiger partial charge in [-0.15, -0.1) is 0 Å². The lowest BCUT2D eigenvalue weighted by Crippen LogP contribution is -2.19. The monoisotopic (exact) mass is 309 g/mol. The fraction of sp³-hybridized carbons (Fsp3) is 0.429. The summed E-state index contributed by atoms with van der Waals surface area (Å²) in [7, 11) is 1.72. The Kier molecular flexibility index (Phi) is 5.97. The highest BCUT2D eigenvalue weighted by Crippen LogP contribution is 2.30. The first kappa shape index (κ1) is 15.4. The second-order valence-electron chi connectivity index (χ2n) is 4.47. The zero-order valence-corrected chi connectivity index (χ0v) is 13.6. The fourth-order valence-electron chi connectivity index (χ4n) is 1.75. The molecule has 0 saturated carbocycles. The lowest BCUT2D eigenvalue weighted by Gasteiger charge is -2.09. The van der Waals surface area contributed by atoms with Crippen LogP contribution < -0.4 is 5.32 Å². The normalized spacial score (nSPS) is 10.9. The summed E-state index contributed by atoms with van der Waals surface area (Å²) in [6.07, 6.45) is 0. The summed E-state index contributed by atoms with van der Waals surface area (Å²) < 4.78 is 10.2. The number of hydrogen-bond donors (Lipinski definition) is 1. The van der Waals surface area contributed by atoms with Crippen LogP contribution in [0.1, 0.15) is 17.0 Å². The molecule has 0 fully saturated rings. The van der Waals surface area contributed by atoms with Gasteiger partial charge >= 0.3 is 0 Å². The van der Waals surface area contributed by atoms with E-state index in [1.807, 2.05) is 6.92 Å². The van der Waals surface area contributed by atoms with Gasteiger partial charge in [-0.2, -0.15) is 4.37 Å². The standard InChI is InChI=1S/C14H19N3OS2/c1-10-8-13(19-14-16-11(2)17-20-14)5-4-12(10)9-15-6-7-18-3/h4-5,8,15H,6-7,9H2,1-3H3. The molecule has 2 rings (SSSR count). The highest BCUT2D eigenvalue weighted by Gasteiger charge is 2.05. The zero-order chi connectivity index (χ0) is 14.4. The summed E-state index contributed by atoms with van der Waals surface area (Å²) in [4.78, 5) is 5.58. The molecule has 6 heteroatoms. The Morgan fingerprint density at radius 2 is 2.20 bits per heavy atom. The molecule has 0 spiro atoms. The van der Waals surface area contributed by atoms with E-state index in [1.165, 1.54) is 27.6 Å². The molecule has 0 radical (unpaired) electrons. The summed E-state index contributed by atoms with van der Waals surface area (Å²) >= 11 is 3.12. The third kappa shape index (κ3) is 4.56. The van der Waals surface area contributed by atoms with E-state index < -0.39 is 0 Å². The van der Waals surface area contributed by atoms with Gasteiger partial charge in [0, 0.05) is 25.1 Å². The molecular formula is C14H19N3OS2. The molecule has 0 atom stereocenters. The Bertz CT molecular complexity index is 557. The minimum atomic E-state index is 0.739. The van der Waals surface area contributed by atoms with Crippen LogP contribution >= 0.6 is 23.3 Å². The van der Waals surface area contributed by atoms with Gasteiger partial charge in [-0.05, 0) is 48.6 Å². The fourth-order valence-corrected chi connectivity index (χ4v) is 3.47. The average Bonchev–Trinajstić information content (AvgIpc) is 2.82. The Morgan fingerprint density at radius 3 is 2.85 bits per heavy atom. The highest BCUT2D eigenvalue weighted by molar-refractivity contribution is 8.01. The first-order valence-corrected chi connectivity index (χ1v) is 8.05. The second kappa shape index (κ2) is 7.73. The van der Waals surface area contributed by atoms with Crippen LogP contribution in [-0.2, 0) is 11.3 Å². The van der Waals surface area contributed by atoms with Crippen molar-refractivity contribution in [1.82, 2.24) is 14.7 Å². The van der Waals surface area contributed by atoms with Crippen molar-refractivity contribution >= 4 is 23.3 Å². The van der Waals surface area contributed by atoms with Gasteiger partial charge in [0.25, 0.3) is 0 Å². The molecule has 1 N–H and O–H groups in total. The molecule has 0 bridgehead atoms. The number of nitrogens with one attached hydrogen (secondary N) is 1. The number of aryl methyl sites for hydroxylation is 2. The number of hydrogen-bond acceptors (Lipinski definition) is 6. The number of aromatic nitrogens is 2. The molecule has 1 heterocycles. The van der Waals surface area contributed by atoms with Gasteiger partial charge in [0.1, 0.15) is 5.82 Å². The summed E-state index contributed by atoms with van der Waals surface area (Å²) in [5, 5.41) is 3.36. The third-order valence-corrected chi connectivity index (χ3v) is 4.66. The van der Waals surface area contributed by atoms with Crippen molar-refractivity contribution in [3.8, 4) is 0 Å². The Morgan fingerprint density at radius 1 is 1.35 bits per heavy atom. The SMILES string of the molecule is COCCNCc1ccc(Sc2nc(C)ns2)cc1C. The number of rotatable bonds is 7. The predicted molar refractivity (Wildman–Crippen MR) is 83.5 cm³/mol. The highest BCUT2D eigenvalue weighted by atomic mass is 32.2. The zero-order valence-electron chi connectivity index (χ0n) is 12.0. The van der Waals surface area contributed by atoms with E-state index in [4.69, 9.17) is 4.74 Å². The third-order valence-electron chi connectivity index (χ3n) is 2.83. The van der Waals surface area contributed by atoms with Gasteiger partial charge in [0.15, 0.2) is 4.34 Å². The molecule has 108 valence electrons. The van der Waals surface area contributed by atoms with E-state index in [0.29, 0.717) is 0 Å². The average molecular weight is 309 g/mol. The van der Waals surface area contributed by atoms with Gasteiger partial charge in [-0.25, -0.2) is 4.98 Å². The van der Waals surface area contributed by atoms with Gasteiger partial charge < -0.3 is 10.1 Å². The quantitative estimate of drug-likeness (QED) is 0.797. The van der Waals surface area contributed by atoms with Crippen molar-refractivity contribution in [3.63, 3.8) is 0 Å². The predicted octanol–water partition coefficient (Wildman–Crippen LogP) is 3.04. The number of ether oxygens (including phenoxy) is 1. The van der Waals surface area contributed by atoms with Crippen molar-refractivity contribution in [1.29, 1.82) is 0 Å². The molecule has 1 aromatic heterocycles. The maximum atomic E-state index is 5.02. The molecule has 0 saturated heterocycles. The number of benzene rings is 1. The van der Waals surface area contributed by atoms with Crippen LogP contribution in [0.3, 0.4) is 0 Å². The van der Waals surface area contributed by atoms with Crippen molar-refractivity contribution in [2.75, 3.05) is 20.3 Å². The maximum Gasteiger partial charge on any atom is 0.174 e. The van der Waals surface area contributed by atoms with Gasteiger partial charge in [0.2, 0.25) is 0 Å². The van der Waals surface area contributed by atoms with E-state index in [0.717, 1.165) is 29.9 Å². The first-order valence-electron chi connectivity index (χ1n) is 6.46. The van der Waals surface area contributed by atoms with Crippen LogP contribution in [0.25, 0.3) is 0 Å². The van der Waals surface area contributed by atoms with Crippen LogP contribution in [0.4, 0.5) is 0 Å². The van der Waals surface area contributed by atoms with Crippen molar-refractivity contribution in [2.24, 2.45) is 0 Å². The summed E-state index contributed by atoms with van der Waals surface area (Å²) in [5.41, 5.74) is 2.61. The topological polar surface area (TPSA) is 47.0 Å². The molecule has 0 unspecified atom stereocenters. The molecular weight excluding hydrogens is 290 g/mol. The number of nitrogens with zero attached hydrogens (tertiary/aromatic N) is 2. The van der Waals surface area contributed by atoms with Crippen molar-refractivity contribution < 1.29 is 4.74 Å². The molecule has 0 aliphatic rings. The molecule has 1 aromatic carbocycles. The first-order chi connectivity index (χ1) is 9.69. The molecule has 0 aliphatic carbocycles. The molecule has 4 nitrogen and oxygen atoms in total. The number of methoxy groups -OCH3 is 1. The van der Waals surface area contributed by atoms with Gasteiger partial charge in [0.05, 0.1) is 6.61 Å². The molecule has 20 heavy (non-hydrogen) atoms. The Hall–Kier alpha value is -0.950. The van der Waals surface area contributed by atoms with E-state index in [9.17, 15) is 0 Å². The van der Waals surface area contributed by atoms with E-state index in [-0.39, 0.29) is 0 Å². The maximum absolute atomic E-state index is 5.02. The summed E-state index contributed by atoms with van der Waals surface area (Å²) in [6, 6.07) is 6.52. The molecule has 2 aromatic rings. The van der Waals surface area contributed by atoms with Crippen LogP contribution in [0, 0.1) is 13.8 Å². The van der Waals surface area contributed by atoms with Crippen LogP contribution in [-0.4, -0.2) is 29.6 Å². The van der Waals surface area contributed by atoms with Crippen LogP contribution in [0.15, 0.2) is 27.4 Å². The minimum Gasteiger partial charge on any atom is -0.383 e. The van der Waals surface area contributed by atoms with Crippen molar-refractivity contribution in [3.05, 3.63) is 35.2 Å².